The maximum Gasteiger partial charge on any atom is 0.495 e. The largest absolute Gasteiger partial charge is 0.495 e. The molecule has 0 bridgehead atoms. The molecule has 4 heteroatoms. The van der Waals surface area contributed by atoms with Crippen molar-refractivity contribution in [2.24, 2.45) is 0 Å². The van der Waals surface area contributed by atoms with Crippen LogP contribution in [0.1, 0.15) is 49.9 Å². The fourth-order valence-electron chi connectivity index (χ4n) is 6.83. The zero-order chi connectivity index (χ0) is 26.6. The van der Waals surface area contributed by atoms with Crippen LogP contribution in [0.2, 0.25) is 0 Å². The summed E-state index contributed by atoms with van der Waals surface area (Å²) in [5.41, 5.74) is 6.92. The summed E-state index contributed by atoms with van der Waals surface area (Å²) >= 11 is 0. The Labute approximate surface area is 229 Å². The monoisotopic (exact) mass is 508 g/mol. The Kier molecular flexibility index (Phi) is 4.51. The molecule has 0 amide bonds. The number of hydrogen-bond donors (Lipinski definition) is 0. The van der Waals surface area contributed by atoms with E-state index >= 15 is 0 Å². The van der Waals surface area contributed by atoms with Crippen molar-refractivity contribution in [3.63, 3.8) is 0 Å². The van der Waals surface area contributed by atoms with Crippen LogP contribution in [-0.2, 0) is 14.7 Å². The molecule has 8 rings (SSSR count). The molecule has 3 nitrogen and oxygen atoms in total. The quantitative estimate of drug-likeness (QED) is 0.214. The van der Waals surface area contributed by atoms with Gasteiger partial charge in [0.1, 0.15) is 11.5 Å². The predicted molar refractivity (Wildman–Crippen MR) is 157 cm³/mol. The second kappa shape index (κ2) is 7.62. The smallest absolute Gasteiger partial charge is 0.457 e. The summed E-state index contributed by atoms with van der Waals surface area (Å²) in [7, 11) is -0.468. The summed E-state index contributed by atoms with van der Waals surface area (Å²) in [6.45, 7) is 8.46. The van der Waals surface area contributed by atoms with Gasteiger partial charge in [-0.2, -0.15) is 0 Å². The molecule has 0 N–H and O–H groups in total. The zero-order valence-corrected chi connectivity index (χ0v) is 22.6. The first-order chi connectivity index (χ1) is 18.8. The third-order valence-corrected chi connectivity index (χ3v) is 9.37. The van der Waals surface area contributed by atoms with Crippen LogP contribution in [0.4, 0.5) is 0 Å². The van der Waals surface area contributed by atoms with Gasteiger partial charge >= 0.3 is 7.12 Å². The Morgan fingerprint density at radius 1 is 0.538 bits per heavy atom. The maximum atomic E-state index is 6.65. The van der Waals surface area contributed by atoms with Gasteiger partial charge in [0.25, 0.3) is 0 Å². The number of benzene rings is 5. The predicted octanol–water partition coefficient (Wildman–Crippen LogP) is 7.61. The fraction of sp³-hybridized carbons (Fsp3) is 0.200. The Morgan fingerprint density at radius 3 is 1.72 bits per heavy atom. The van der Waals surface area contributed by atoms with Crippen molar-refractivity contribution in [1.29, 1.82) is 0 Å². The Balaban J connectivity index is 1.52. The van der Waals surface area contributed by atoms with Gasteiger partial charge < -0.3 is 14.0 Å². The summed E-state index contributed by atoms with van der Waals surface area (Å²) in [5, 5.41) is 2.44. The molecule has 2 aliphatic heterocycles. The lowest BCUT2D eigenvalue weighted by Crippen LogP contribution is -2.41. The average Bonchev–Trinajstić information content (AvgIpc) is 3.34. The van der Waals surface area contributed by atoms with Crippen molar-refractivity contribution in [2.45, 2.75) is 44.3 Å². The van der Waals surface area contributed by atoms with Crippen molar-refractivity contribution in [3.05, 3.63) is 125 Å². The van der Waals surface area contributed by atoms with E-state index in [9.17, 15) is 0 Å². The summed E-state index contributed by atoms with van der Waals surface area (Å²) in [6.07, 6.45) is 0. The zero-order valence-electron chi connectivity index (χ0n) is 22.6. The van der Waals surface area contributed by atoms with Gasteiger partial charge in [-0.05, 0) is 90.4 Å². The highest BCUT2D eigenvalue weighted by molar-refractivity contribution is 6.64. The molecule has 39 heavy (non-hydrogen) atoms. The van der Waals surface area contributed by atoms with E-state index < -0.39 is 23.7 Å². The molecule has 5 aromatic carbocycles. The normalized spacial score (nSPS) is 18.8. The third kappa shape index (κ3) is 2.91. The summed E-state index contributed by atoms with van der Waals surface area (Å²) < 4.78 is 19.8. The molecule has 190 valence electrons. The highest BCUT2D eigenvalue weighted by Crippen LogP contribution is 2.62. The molecule has 1 spiro atoms. The van der Waals surface area contributed by atoms with Gasteiger partial charge in [-0.15, -0.1) is 0 Å². The maximum absolute atomic E-state index is 6.65. The first kappa shape index (κ1) is 23.1. The Morgan fingerprint density at radius 2 is 1.08 bits per heavy atom. The van der Waals surface area contributed by atoms with Crippen LogP contribution in [0.25, 0.3) is 21.9 Å². The number of fused-ring (bicyclic) bond motifs is 10. The van der Waals surface area contributed by atoms with E-state index in [0.717, 1.165) is 28.1 Å². The topological polar surface area (TPSA) is 27.7 Å². The number of para-hydroxylation sites is 2. The van der Waals surface area contributed by atoms with Crippen molar-refractivity contribution in [2.75, 3.05) is 0 Å². The van der Waals surface area contributed by atoms with Crippen molar-refractivity contribution in [3.8, 4) is 22.6 Å². The van der Waals surface area contributed by atoms with Gasteiger partial charge in [-0.3, -0.25) is 0 Å². The van der Waals surface area contributed by atoms with Crippen LogP contribution in [0.5, 0.6) is 11.5 Å². The van der Waals surface area contributed by atoms with E-state index in [4.69, 9.17) is 14.0 Å². The minimum atomic E-state index is -0.528. The van der Waals surface area contributed by atoms with Crippen LogP contribution < -0.4 is 10.2 Å². The Bertz CT molecular complexity index is 1760. The fourth-order valence-corrected chi connectivity index (χ4v) is 6.83. The molecule has 5 aromatic rings. The summed E-state index contributed by atoms with van der Waals surface area (Å²) in [4.78, 5) is 0. The van der Waals surface area contributed by atoms with E-state index in [0.29, 0.717) is 0 Å². The van der Waals surface area contributed by atoms with Gasteiger partial charge in [-0.25, -0.2) is 0 Å². The van der Waals surface area contributed by atoms with E-state index in [1.807, 2.05) is 0 Å². The molecule has 1 saturated heterocycles. The van der Waals surface area contributed by atoms with Crippen LogP contribution in [0.15, 0.2) is 103 Å². The number of ether oxygens (including phenoxy) is 1. The molecular weight excluding hydrogens is 479 g/mol. The number of hydrogen-bond acceptors (Lipinski definition) is 3. The molecule has 0 radical (unpaired) electrons. The molecular formula is C35H29BO3. The molecule has 2 heterocycles. The minimum Gasteiger partial charge on any atom is -0.457 e. The van der Waals surface area contributed by atoms with Gasteiger partial charge in [0.05, 0.1) is 16.6 Å². The van der Waals surface area contributed by atoms with E-state index in [-0.39, 0.29) is 0 Å². The second-order valence-corrected chi connectivity index (χ2v) is 11.9. The van der Waals surface area contributed by atoms with Crippen LogP contribution in [0.3, 0.4) is 0 Å². The lowest BCUT2D eigenvalue weighted by molar-refractivity contribution is 0.00578. The van der Waals surface area contributed by atoms with Gasteiger partial charge in [0.2, 0.25) is 0 Å². The minimum absolute atomic E-state index is 0.430. The molecule has 1 fully saturated rings. The summed E-state index contributed by atoms with van der Waals surface area (Å²) in [5.74, 6) is 1.79. The third-order valence-electron chi connectivity index (χ3n) is 9.37. The second-order valence-electron chi connectivity index (χ2n) is 11.9. The van der Waals surface area contributed by atoms with E-state index in [2.05, 4.69) is 131 Å². The van der Waals surface area contributed by atoms with Crippen LogP contribution in [0, 0.1) is 0 Å². The standard InChI is InChI=1S/C35H29BO3/c1-33(2)34(3,4)39-36(38-33)29-17-11-16-27-32(29)24-20-22-12-5-6-13-23(22)21-28(24)35(27)25-14-7-9-18-30(25)37-31-19-10-8-15-26(31)35/h5-21H,1-4H3. The van der Waals surface area contributed by atoms with Crippen molar-refractivity contribution >= 4 is 23.4 Å². The van der Waals surface area contributed by atoms with Gasteiger partial charge in [0, 0.05) is 11.1 Å². The summed E-state index contributed by atoms with van der Waals surface area (Å²) in [6, 6.07) is 37.0. The highest BCUT2D eigenvalue weighted by Gasteiger charge is 2.56. The van der Waals surface area contributed by atoms with Crippen LogP contribution >= 0.6 is 0 Å². The highest BCUT2D eigenvalue weighted by atomic mass is 16.7. The van der Waals surface area contributed by atoms with E-state index in [1.54, 1.807) is 0 Å². The van der Waals surface area contributed by atoms with Crippen molar-refractivity contribution < 1.29 is 14.0 Å². The molecule has 1 aliphatic carbocycles. The lowest BCUT2D eigenvalue weighted by atomic mass is 9.65. The van der Waals surface area contributed by atoms with Gasteiger partial charge in [-0.1, -0.05) is 78.9 Å². The number of rotatable bonds is 1. The van der Waals surface area contributed by atoms with Crippen molar-refractivity contribution in [1.82, 2.24) is 0 Å². The first-order valence-electron chi connectivity index (χ1n) is 13.7. The lowest BCUT2D eigenvalue weighted by Gasteiger charge is -2.39. The first-order valence-corrected chi connectivity index (χ1v) is 13.7. The SMILES string of the molecule is CC1(C)OB(c2cccc3c2-c2cc4ccccc4cc2C32c3ccccc3Oc3ccccc32)OC1(C)C. The molecule has 3 aliphatic rings. The molecule has 0 saturated carbocycles. The van der Waals surface area contributed by atoms with E-state index in [1.165, 1.54) is 33.0 Å². The molecule has 0 aromatic heterocycles. The molecule has 0 unspecified atom stereocenters. The van der Waals surface area contributed by atoms with Crippen LogP contribution in [-0.4, -0.2) is 18.3 Å². The molecule has 0 atom stereocenters. The Hall–Kier alpha value is -3.86. The average molecular weight is 508 g/mol. The van der Waals surface area contributed by atoms with Gasteiger partial charge in [0.15, 0.2) is 0 Å².